The van der Waals surface area contributed by atoms with Gasteiger partial charge in [0, 0.05) is 22.0 Å². The largest absolute Gasteiger partial charge is 0.484 e. The topological polar surface area (TPSA) is 67.4 Å². The minimum Gasteiger partial charge on any atom is -0.484 e. The second-order valence-corrected chi connectivity index (χ2v) is 6.63. The molecule has 142 valence electrons. The molecule has 0 aromatic heterocycles. The second-order valence-electron chi connectivity index (χ2n) is 6.20. The van der Waals surface area contributed by atoms with Crippen LogP contribution in [-0.2, 0) is 4.79 Å². The molecule has 3 aromatic carbocycles. The first kappa shape index (κ1) is 19.5. The Hall–Kier alpha value is -3.31. The molecule has 0 unspecified atom stereocenters. The van der Waals surface area contributed by atoms with E-state index in [2.05, 4.69) is 10.6 Å². The Morgan fingerprint density at radius 3 is 2.25 bits per heavy atom. The van der Waals surface area contributed by atoms with Crippen molar-refractivity contribution in [1.29, 1.82) is 0 Å². The molecule has 2 N–H and O–H groups in total. The lowest BCUT2D eigenvalue weighted by Crippen LogP contribution is -2.20. The molecular formula is C22H19ClN2O3. The summed E-state index contributed by atoms with van der Waals surface area (Å²) in [6, 6.07) is 21.0. The van der Waals surface area contributed by atoms with E-state index < -0.39 is 0 Å². The first-order chi connectivity index (χ1) is 13.5. The van der Waals surface area contributed by atoms with Crippen LogP contribution in [0.2, 0.25) is 5.02 Å². The number of nitrogens with one attached hydrogen (secondary N) is 2. The first-order valence-electron chi connectivity index (χ1n) is 8.66. The molecule has 5 nitrogen and oxygen atoms in total. The lowest BCUT2D eigenvalue weighted by molar-refractivity contribution is -0.118. The highest BCUT2D eigenvalue weighted by molar-refractivity contribution is 6.31. The average Bonchev–Trinajstić information content (AvgIpc) is 2.68. The molecular weight excluding hydrogens is 376 g/mol. The van der Waals surface area contributed by atoms with Crippen LogP contribution in [0.3, 0.4) is 0 Å². The average molecular weight is 395 g/mol. The standard InChI is InChI=1S/C22H19ClN2O3/c1-15-4-2-7-20(12-15)28-14-21(26)24-18-8-10-19(11-9-18)25-22(27)16-5-3-6-17(23)13-16/h2-13H,14H2,1H3,(H,24,26)(H,25,27). The highest BCUT2D eigenvalue weighted by Crippen LogP contribution is 2.17. The van der Waals surface area contributed by atoms with E-state index in [4.69, 9.17) is 16.3 Å². The smallest absolute Gasteiger partial charge is 0.262 e. The summed E-state index contributed by atoms with van der Waals surface area (Å²) in [6.07, 6.45) is 0. The molecule has 0 aliphatic carbocycles. The molecule has 0 saturated carbocycles. The molecule has 0 aliphatic rings. The summed E-state index contributed by atoms with van der Waals surface area (Å²) in [5.41, 5.74) is 2.75. The summed E-state index contributed by atoms with van der Waals surface area (Å²) in [4.78, 5) is 24.2. The van der Waals surface area contributed by atoms with Gasteiger partial charge >= 0.3 is 0 Å². The highest BCUT2D eigenvalue weighted by Gasteiger charge is 2.08. The number of carbonyl (C=O) groups excluding carboxylic acids is 2. The number of benzene rings is 3. The van der Waals surface area contributed by atoms with Crippen molar-refractivity contribution in [2.24, 2.45) is 0 Å². The third kappa shape index (κ3) is 5.59. The van der Waals surface area contributed by atoms with Gasteiger partial charge in [-0.3, -0.25) is 9.59 Å². The number of amides is 2. The van der Waals surface area contributed by atoms with Crippen LogP contribution in [0.4, 0.5) is 11.4 Å². The van der Waals surface area contributed by atoms with Gasteiger partial charge in [0.15, 0.2) is 6.61 Å². The Morgan fingerprint density at radius 1 is 0.893 bits per heavy atom. The fourth-order valence-corrected chi connectivity index (χ4v) is 2.71. The fourth-order valence-electron chi connectivity index (χ4n) is 2.52. The molecule has 6 heteroatoms. The van der Waals surface area contributed by atoms with Crippen LogP contribution in [0.25, 0.3) is 0 Å². The third-order valence-electron chi connectivity index (χ3n) is 3.87. The maximum Gasteiger partial charge on any atom is 0.262 e. The number of rotatable bonds is 6. The molecule has 0 aliphatic heterocycles. The number of ether oxygens (including phenoxy) is 1. The van der Waals surface area contributed by atoms with Crippen molar-refractivity contribution in [1.82, 2.24) is 0 Å². The van der Waals surface area contributed by atoms with E-state index in [9.17, 15) is 9.59 Å². The number of halogens is 1. The minimum atomic E-state index is -0.266. The molecule has 0 spiro atoms. The molecule has 0 radical (unpaired) electrons. The van der Waals surface area contributed by atoms with Gasteiger partial charge in [-0.15, -0.1) is 0 Å². The van der Waals surface area contributed by atoms with E-state index in [1.165, 1.54) is 0 Å². The van der Waals surface area contributed by atoms with Crippen LogP contribution in [0, 0.1) is 6.92 Å². The van der Waals surface area contributed by atoms with E-state index >= 15 is 0 Å². The summed E-state index contributed by atoms with van der Waals surface area (Å²) in [5.74, 6) is 0.122. The van der Waals surface area contributed by atoms with Crippen molar-refractivity contribution in [3.05, 3.63) is 88.9 Å². The third-order valence-corrected chi connectivity index (χ3v) is 4.11. The molecule has 0 bridgehead atoms. The van der Waals surface area contributed by atoms with E-state index in [0.717, 1.165) is 5.56 Å². The summed E-state index contributed by atoms with van der Waals surface area (Å²) in [6.45, 7) is 1.87. The van der Waals surface area contributed by atoms with Crippen molar-refractivity contribution in [3.8, 4) is 5.75 Å². The van der Waals surface area contributed by atoms with Crippen molar-refractivity contribution >= 4 is 34.8 Å². The van der Waals surface area contributed by atoms with Gasteiger partial charge in [0.1, 0.15) is 5.75 Å². The van der Waals surface area contributed by atoms with E-state index in [1.807, 2.05) is 25.1 Å². The van der Waals surface area contributed by atoms with Crippen LogP contribution in [0.5, 0.6) is 5.75 Å². The SMILES string of the molecule is Cc1cccc(OCC(=O)Nc2ccc(NC(=O)c3cccc(Cl)c3)cc2)c1. The van der Waals surface area contributed by atoms with Gasteiger partial charge in [0.05, 0.1) is 0 Å². The quantitative estimate of drug-likeness (QED) is 0.623. The Balaban J connectivity index is 1.52. The van der Waals surface area contributed by atoms with Gasteiger partial charge < -0.3 is 15.4 Å². The van der Waals surface area contributed by atoms with Crippen LogP contribution in [0.15, 0.2) is 72.8 Å². The normalized spacial score (nSPS) is 10.2. The van der Waals surface area contributed by atoms with Crippen molar-refractivity contribution in [3.63, 3.8) is 0 Å². The summed E-state index contributed by atoms with van der Waals surface area (Å²) in [5, 5.41) is 6.03. The van der Waals surface area contributed by atoms with Crippen molar-refractivity contribution < 1.29 is 14.3 Å². The minimum absolute atomic E-state index is 0.0866. The Labute approximate surface area is 168 Å². The zero-order valence-corrected chi connectivity index (χ0v) is 16.0. The molecule has 0 fully saturated rings. The number of anilines is 2. The van der Waals surface area contributed by atoms with E-state index in [1.54, 1.807) is 54.6 Å². The van der Waals surface area contributed by atoms with Crippen molar-refractivity contribution in [2.45, 2.75) is 6.92 Å². The fraction of sp³-hybridized carbons (Fsp3) is 0.0909. The van der Waals surface area contributed by atoms with Crippen LogP contribution in [-0.4, -0.2) is 18.4 Å². The number of aryl methyl sites for hydroxylation is 1. The molecule has 2 amide bonds. The van der Waals surface area contributed by atoms with Crippen LogP contribution in [0.1, 0.15) is 15.9 Å². The van der Waals surface area contributed by atoms with Gasteiger partial charge in [0.25, 0.3) is 11.8 Å². The number of hydrogen-bond donors (Lipinski definition) is 2. The highest BCUT2D eigenvalue weighted by atomic mass is 35.5. The van der Waals surface area contributed by atoms with Crippen LogP contribution < -0.4 is 15.4 Å². The Bertz CT molecular complexity index is 987. The van der Waals surface area contributed by atoms with Gasteiger partial charge in [-0.05, 0) is 67.1 Å². The lowest BCUT2D eigenvalue weighted by Gasteiger charge is -2.09. The molecule has 28 heavy (non-hydrogen) atoms. The van der Waals surface area contributed by atoms with Crippen molar-refractivity contribution in [2.75, 3.05) is 17.2 Å². The monoisotopic (exact) mass is 394 g/mol. The van der Waals surface area contributed by atoms with Gasteiger partial charge in [0.2, 0.25) is 0 Å². The maximum absolute atomic E-state index is 12.2. The van der Waals surface area contributed by atoms with Gasteiger partial charge in [-0.2, -0.15) is 0 Å². The predicted octanol–water partition coefficient (Wildman–Crippen LogP) is 4.92. The molecule has 3 rings (SSSR count). The van der Waals surface area contributed by atoms with E-state index in [-0.39, 0.29) is 18.4 Å². The second kappa shape index (κ2) is 9.06. The maximum atomic E-state index is 12.2. The molecule has 3 aromatic rings. The summed E-state index contributed by atoms with van der Waals surface area (Å²) < 4.78 is 5.48. The molecule has 0 heterocycles. The Morgan fingerprint density at radius 2 is 1.57 bits per heavy atom. The van der Waals surface area contributed by atoms with Gasteiger partial charge in [-0.25, -0.2) is 0 Å². The van der Waals surface area contributed by atoms with Crippen LogP contribution >= 0.6 is 11.6 Å². The Kier molecular flexibility index (Phi) is 6.29. The zero-order chi connectivity index (χ0) is 19.9. The summed E-state index contributed by atoms with van der Waals surface area (Å²) >= 11 is 5.90. The number of carbonyl (C=O) groups is 2. The predicted molar refractivity (Wildman–Crippen MR) is 111 cm³/mol. The number of hydrogen-bond acceptors (Lipinski definition) is 3. The summed E-state index contributed by atoms with van der Waals surface area (Å²) in [7, 11) is 0. The first-order valence-corrected chi connectivity index (χ1v) is 9.04. The van der Waals surface area contributed by atoms with E-state index in [0.29, 0.717) is 27.7 Å². The zero-order valence-electron chi connectivity index (χ0n) is 15.2. The molecule has 0 atom stereocenters. The molecule has 0 saturated heterocycles. The lowest BCUT2D eigenvalue weighted by atomic mass is 10.2. The van der Waals surface area contributed by atoms with Gasteiger partial charge in [-0.1, -0.05) is 29.8 Å².